The van der Waals surface area contributed by atoms with Gasteiger partial charge in [0.2, 0.25) is 11.8 Å². The second-order valence-corrected chi connectivity index (χ2v) is 5.40. The molecule has 108 valence electrons. The van der Waals surface area contributed by atoms with Crippen LogP contribution in [0.4, 0.5) is 5.69 Å². The quantitative estimate of drug-likeness (QED) is 0.812. The fourth-order valence-electron chi connectivity index (χ4n) is 2.06. The van der Waals surface area contributed by atoms with Crippen LogP contribution in [0, 0.1) is 11.8 Å². The molecule has 20 heavy (non-hydrogen) atoms. The van der Waals surface area contributed by atoms with Crippen LogP contribution in [0.1, 0.15) is 6.42 Å². The van der Waals surface area contributed by atoms with Crippen molar-refractivity contribution in [2.45, 2.75) is 6.42 Å². The van der Waals surface area contributed by atoms with Crippen molar-refractivity contribution in [2.24, 2.45) is 11.8 Å². The Labute approximate surface area is 119 Å². The molecule has 0 aromatic heterocycles. The molecule has 5 heteroatoms. The van der Waals surface area contributed by atoms with Crippen LogP contribution in [-0.2, 0) is 9.59 Å². The molecule has 2 amide bonds. The van der Waals surface area contributed by atoms with Gasteiger partial charge >= 0.3 is 0 Å². The zero-order valence-electron chi connectivity index (χ0n) is 11.9. The SMILES string of the molecule is CN(C)CCNC(=O)C1CC1C(=O)Nc1ccccc1. The molecule has 0 heterocycles. The third kappa shape index (κ3) is 4.06. The maximum Gasteiger partial charge on any atom is 0.228 e. The van der Waals surface area contributed by atoms with E-state index in [0.717, 1.165) is 12.2 Å². The predicted molar refractivity (Wildman–Crippen MR) is 78.2 cm³/mol. The monoisotopic (exact) mass is 275 g/mol. The van der Waals surface area contributed by atoms with Crippen molar-refractivity contribution >= 4 is 17.5 Å². The van der Waals surface area contributed by atoms with E-state index < -0.39 is 0 Å². The minimum absolute atomic E-state index is 0.0138. The second kappa shape index (κ2) is 6.52. The van der Waals surface area contributed by atoms with Gasteiger partial charge in [0.05, 0.1) is 11.8 Å². The number of benzene rings is 1. The van der Waals surface area contributed by atoms with Gasteiger partial charge in [-0.3, -0.25) is 9.59 Å². The van der Waals surface area contributed by atoms with Gasteiger partial charge in [0.1, 0.15) is 0 Å². The summed E-state index contributed by atoms with van der Waals surface area (Å²) in [5.41, 5.74) is 0.774. The molecule has 0 radical (unpaired) electrons. The molecule has 2 unspecified atom stereocenters. The molecular formula is C15H21N3O2. The van der Waals surface area contributed by atoms with Crippen LogP contribution in [0.25, 0.3) is 0 Å². The van der Waals surface area contributed by atoms with Crippen molar-refractivity contribution in [3.8, 4) is 0 Å². The summed E-state index contributed by atoms with van der Waals surface area (Å²) in [6.45, 7) is 1.43. The van der Waals surface area contributed by atoms with Gasteiger partial charge in [0, 0.05) is 18.8 Å². The normalized spacial score (nSPS) is 20.6. The lowest BCUT2D eigenvalue weighted by Gasteiger charge is -2.10. The first-order valence-corrected chi connectivity index (χ1v) is 6.86. The molecule has 1 aromatic rings. The Morgan fingerprint density at radius 1 is 1.15 bits per heavy atom. The third-order valence-corrected chi connectivity index (χ3v) is 3.36. The fraction of sp³-hybridized carbons (Fsp3) is 0.467. The number of para-hydroxylation sites is 1. The summed E-state index contributed by atoms with van der Waals surface area (Å²) in [6.07, 6.45) is 0.645. The highest BCUT2D eigenvalue weighted by molar-refractivity contribution is 5.99. The number of anilines is 1. The molecule has 0 aliphatic heterocycles. The maximum absolute atomic E-state index is 12.0. The van der Waals surface area contributed by atoms with Crippen molar-refractivity contribution in [3.63, 3.8) is 0 Å². The smallest absolute Gasteiger partial charge is 0.228 e. The first-order valence-electron chi connectivity index (χ1n) is 6.86. The lowest BCUT2D eigenvalue weighted by Crippen LogP contribution is -2.33. The van der Waals surface area contributed by atoms with E-state index in [0.29, 0.717) is 13.0 Å². The fourth-order valence-corrected chi connectivity index (χ4v) is 2.06. The van der Waals surface area contributed by atoms with Gasteiger partial charge in [0.25, 0.3) is 0 Å². The molecule has 0 spiro atoms. The van der Waals surface area contributed by atoms with E-state index in [1.165, 1.54) is 0 Å². The van der Waals surface area contributed by atoms with Gasteiger partial charge in [-0.05, 0) is 32.6 Å². The average Bonchev–Trinajstić information content (AvgIpc) is 3.19. The molecule has 2 N–H and O–H groups in total. The number of hydrogen-bond acceptors (Lipinski definition) is 3. The molecule has 2 atom stereocenters. The van der Waals surface area contributed by atoms with Gasteiger partial charge in [-0.2, -0.15) is 0 Å². The van der Waals surface area contributed by atoms with Crippen LogP contribution < -0.4 is 10.6 Å². The predicted octanol–water partition coefficient (Wildman–Crippen LogP) is 0.939. The Morgan fingerprint density at radius 2 is 1.80 bits per heavy atom. The van der Waals surface area contributed by atoms with Crippen molar-refractivity contribution < 1.29 is 9.59 Å². The van der Waals surface area contributed by atoms with E-state index in [4.69, 9.17) is 0 Å². The Balaban J connectivity index is 1.74. The zero-order valence-corrected chi connectivity index (χ0v) is 11.9. The Morgan fingerprint density at radius 3 is 2.45 bits per heavy atom. The molecule has 1 aromatic carbocycles. The summed E-state index contributed by atoms with van der Waals surface area (Å²) in [6, 6.07) is 9.31. The van der Waals surface area contributed by atoms with Gasteiger partial charge in [-0.1, -0.05) is 18.2 Å². The van der Waals surface area contributed by atoms with Crippen molar-refractivity contribution in [3.05, 3.63) is 30.3 Å². The van der Waals surface area contributed by atoms with Crippen LogP contribution >= 0.6 is 0 Å². The minimum Gasteiger partial charge on any atom is -0.355 e. The molecule has 1 aliphatic carbocycles. The van der Waals surface area contributed by atoms with Crippen LogP contribution in [-0.4, -0.2) is 43.9 Å². The first kappa shape index (κ1) is 14.5. The molecule has 1 saturated carbocycles. The summed E-state index contributed by atoms with van der Waals surface area (Å²) in [7, 11) is 3.92. The summed E-state index contributed by atoms with van der Waals surface area (Å²) in [4.78, 5) is 25.8. The molecule has 2 rings (SSSR count). The number of amides is 2. The van der Waals surface area contributed by atoms with Gasteiger partial charge < -0.3 is 15.5 Å². The van der Waals surface area contributed by atoms with Crippen LogP contribution in [0.2, 0.25) is 0 Å². The number of carbonyl (C=O) groups excluding carboxylic acids is 2. The first-order chi connectivity index (χ1) is 9.58. The lowest BCUT2D eigenvalue weighted by molar-refractivity contribution is -0.125. The summed E-state index contributed by atoms with van der Waals surface area (Å²) < 4.78 is 0. The number of nitrogens with one attached hydrogen (secondary N) is 2. The van der Waals surface area contributed by atoms with Crippen molar-refractivity contribution in [2.75, 3.05) is 32.5 Å². The third-order valence-electron chi connectivity index (χ3n) is 3.36. The van der Waals surface area contributed by atoms with E-state index >= 15 is 0 Å². The average molecular weight is 275 g/mol. The highest BCUT2D eigenvalue weighted by Crippen LogP contribution is 2.39. The highest BCUT2D eigenvalue weighted by atomic mass is 16.2. The Bertz CT molecular complexity index is 473. The molecule has 0 bridgehead atoms. The van der Waals surface area contributed by atoms with Gasteiger partial charge in [-0.15, -0.1) is 0 Å². The molecular weight excluding hydrogens is 254 g/mol. The second-order valence-electron chi connectivity index (χ2n) is 5.40. The van der Waals surface area contributed by atoms with Gasteiger partial charge in [-0.25, -0.2) is 0 Å². The van der Waals surface area contributed by atoms with E-state index in [1.807, 2.05) is 49.3 Å². The van der Waals surface area contributed by atoms with E-state index in [1.54, 1.807) is 0 Å². The van der Waals surface area contributed by atoms with E-state index in [9.17, 15) is 9.59 Å². The Hall–Kier alpha value is -1.88. The Kier molecular flexibility index (Phi) is 4.74. The molecule has 1 aliphatic rings. The van der Waals surface area contributed by atoms with Crippen LogP contribution in [0.15, 0.2) is 30.3 Å². The highest BCUT2D eigenvalue weighted by Gasteiger charge is 2.47. The number of nitrogens with zero attached hydrogens (tertiary/aromatic N) is 1. The summed E-state index contributed by atoms with van der Waals surface area (Å²) in [5.74, 6) is -0.431. The largest absolute Gasteiger partial charge is 0.355 e. The number of carbonyl (C=O) groups is 2. The molecule has 5 nitrogen and oxygen atoms in total. The maximum atomic E-state index is 12.0. The number of hydrogen-bond donors (Lipinski definition) is 2. The van der Waals surface area contributed by atoms with E-state index in [-0.39, 0.29) is 23.7 Å². The van der Waals surface area contributed by atoms with Crippen LogP contribution in [0.5, 0.6) is 0 Å². The summed E-state index contributed by atoms with van der Waals surface area (Å²) >= 11 is 0. The number of rotatable bonds is 6. The van der Waals surface area contributed by atoms with Gasteiger partial charge in [0.15, 0.2) is 0 Å². The summed E-state index contributed by atoms with van der Waals surface area (Å²) in [5, 5.41) is 5.70. The van der Waals surface area contributed by atoms with E-state index in [2.05, 4.69) is 10.6 Å². The standard InChI is InChI=1S/C15H21N3O2/c1-18(2)9-8-16-14(19)12-10-13(12)15(20)17-11-6-4-3-5-7-11/h3-7,12-13H,8-10H2,1-2H3,(H,16,19)(H,17,20). The van der Waals surface area contributed by atoms with Crippen molar-refractivity contribution in [1.82, 2.24) is 10.2 Å². The zero-order chi connectivity index (χ0) is 14.5. The molecule has 0 saturated heterocycles. The van der Waals surface area contributed by atoms with Crippen molar-refractivity contribution in [1.29, 1.82) is 0 Å². The minimum atomic E-state index is -0.186. The number of likely N-dealkylation sites (N-methyl/N-ethyl adjacent to an activating group) is 1. The molecule has 1 fully saturated rings. The topological polar surface area (TPSA) is 61.4 Å². The lowest BCUT2D eigenvalue weighted by atomic mass is 10.2. The van der Waals surface area contributed by atoms with Crippen LogP contribution in [0.3, 0.4) is 0 Å².